The first kappa shape index (κ1) is 16.2. The third-order valence-electron chi connectivity index (χ3n) is 4.76. The van der Waals surface area contributed by atoms with Crippen molar-refractivity contribution in [3.05, 3.63) is 23.8 Å². The van der Waals surface area contributed by atoms with E-state index in [1.165, 1.54) is 31.2 Å². The molecule has 3 nitrogen and oxygen atoms in total. The fourth-order valence-electron chi connectivity index (χ4n) is 3.30. The van der Waals surface area contributed by atoms with E-state index in [0.717, 1.165) is 24.5 Å². The van der Waals surface area contributed by atoms with Crippen LogP contribution in [0.3, 0.4) is 0 Å². The van der Waals surface area contributed by atoms with E-state index >= 15 is 0 Å². The molecule has 0 amide bonds. The summed E-state index contributed by atoms with van der Waals surface area (Å²) in [5.74, 6) is 1.61. The molecule has 1 unspecified atom stereocenters. The molecule has 0 radical (unpaired) electrons. The molecule has 0 heterocycles. The van der Waals surface area contributed by atoms with Crippen molar-refractivity contribution in [2.45, 2.75) is 52.0 Å². The van der Waals surface area contributed by atoms with E-state index in [-0.39, 0.29) is 0 Å². The van der Waals surface area contributed by atoms with Crippen molar-refractivity contribution in [1.29, 1.82) is 0 Å². The predicted octanol–water partition coefficient (Wildman–Crippen LogP) is 3.80. The lowest BCUT2D eigenvalue weighted by molar-refractivity contribution is 0.169. The molecule has 1 aliphatic carbocycles. The van der Waals surface area contributed by atoms with Gasteiger partial charge in [-0.1, -0.05) is 32.8 Å². The van der Waals surface area contributed by atoms with Crippen molar-refractivity contribution in [2.75, 3.05) is 20.8 Å². The zero-order chi connectivity index (χ0) is 15.3. The molecule has 0 spiro atoms. The van der Waals surface area contributed by atoms with E-state index < -0.39 is 0 Å². The third kappa shape index (κ3) is 4.13. The van der Waals surface area contributed by atoms with E-state index in [1.54, 1.807) is 14.2 Å². The largest absolute Gasteiger partial charge is 0.493 e. The Bertz CT molecular complexity index is 457. The highest BCUT2D eigenvalue weighted by atomic mass is 16.5. The second-order valence-corrected chi connectivity index (χ2v) is 6.68. The summed E-state index contributed by atoms with van der Waals surface area (Å²) in [7, 11) is 3.36. The Morgan fingerprint density at radius 2 is 1.90 bits per heavy atom. The van der Waals surface area contributed by atoms with Gasteiger partial charge in [0, 0.05) is 6.04 Å². The van der Waals surface area contributed by atoms with Crippen LogP contribution in [0.1, 0.15) is 45.1 Å². The summed E-state index contributed by atoms with van der Waals surface area (Å²) in [4.78, 5) is 0. The quantitative estimate of drug-likeness (QED) is 0.864. The summed E-state index contributed by atoms with van der Waals surface area (Å²) in [6, 6.07) is 6.83. The Labute approximate surface area is 129 Å². The van der Waals surface area contributed by atoms with Crippen LogP contribution in [0.5, 0.6) is 11.5 Å². The molecule has 1 fully saturated rings. The molecule has 2 rings (SSSR count). The molecule has 3 heteroatoms. The van der Waals surface area contributed by atoms with Crippen LogP contribution >= 0.6 is 0 Å². The van der Waals surface area contributed by atoms with Gasteiger partial charge in [0.1, 0.15) is 0 Å². The lowest BCUT2D eigenvalue weighted by atomic mass is 9.73. The van der Waals surface area contributed by atoms with Crippen molar-refractivity contribution in [2.24, 2.45) is 5.41 Å². The van der Waals surface area contributed by atoms with Gasteiger partial charge in [0.2, 0.25) is 0 Å². The summed E-state index contributed by atoms with van der Waals surface area (Å²) in [6.07, 6.45) is 6.39. The molecule has 1 saturated carbocycles. The van der Waals surface area contributed by atoms with Gasteiger partial charge in [0.25, 0.3) is 0 Å². The Morgan fingerprint density at radius 1 is 1.14 bits per heavy atom. The molecule has 0 aliphatic heterocycles. The normalized spacial score (nSPS) is 21.0. The van der Waals surface area contributed by atoms with Gasteiger partial charge >= 0.3 is 0 Å². The number of benzene rings is 1. The zero-order valence-electron chi connectivity index (χ0n) is 13.9. The molecule has 21 heavy (non-hydrogen) atoms. The minimum Gasteiger partial charge on any atom is -0.493 e. The zero-order valence-corrected chi connectivity index (χ0v) is 13.9. The predicted molar refractivity (Wildman–Crippen MR) is 87.3 cm³/mol. The van der Waals surface area contributed by atoms with E-state index in [1.807, 2.05) is 6.07 Å². The van der Waals surface area contributed by atoms with Gasteiger partial charge in [-0.25, -0.2) is 0 Å². The first-order valence-electron chi connectivity index (χ1n) is 8.01. The van der Waals surface area contributed by atoms with Gasteiger partial charge < -0.3 is 14.8 Å². The van der Waals surface area contributed by atoms with E-state index in [4.69, 9.17) is 9.47 Å². The van der Waals surface area contributed by atoms with E-state index in [2.05, 4.69) is 31.3 Å². The smallest absolute Gasteiger partial charge is 0.160 e. The first-order valence-corrected chi connectivity index (χ1v) is 8.01. The summed E-state index contributed by atoms with van der Waals surface area (Å²) in [5, 5.41) is 3.75. The lowest BCUT2D eigenvalue weighted by Crippen LogP contribution is -2.44. The Morgan fingerprint density at radius 3 is 2.57 bits per heavy atom. The highest BCUT2D eigenvalue weighted by Gasteiger charge is 2.31. The van der Waals surface area contributed by atoms with Crippen LogP contribution in [-0.4, -0.2) is 26.8 Å². The lowest BCUT2D eigenvalue weighted by Gasteiger charge is -2.39. The maximum atomic E-state index is 5.36. The van der Waals surface area contributed by atoms with Gasteiger partial charge in [0.05, 0.1) is 14.2 Å². The van der Waals surface area contributed by atoms with Crippen LogP contribution in [0.15, 0.2) is 18.2 Å². The summed E-state index contributed by atoms with van der Waals surface area (Å²) in [6.45, 7) is 5.80. The van der Waals surface area contributed by atoms with Gasteiger partial charge in [0.15, 0.2) is 11.5 Å². The Kier molecular flexibility index (Phi) is 5.51. The van der Waals surface area contributed by atoms with Gasteiger partial charge in [-0.2, -0.15) is 0 Å². The first-order chi connectivity index (χ1) is 10.1. The molecule has 1 N–H and O–H groups in total. The fraction of sp³-hybridized carbons (Fsp3) is 0.667. The maximum Gasteiger partial charge on any atom is 0.160 e. The second kappa shape index (κ2) is 7.17. The van der Waals surface area contributed by atoms with Gasteiger partial charge in [-0.15, -0.1) is 0 Å². The molecule has 0 aromatic heterocycles. The highest BCUT2D eigenvalue weighted by Crippen LogP contribution is 2.35. The molecule has 1 aliphatic rings. The summed E-state index contributed by atoms with van der Waals surface area (Å²) < 4.78 is 10.6. The number of hydrogen-bond donors (Lipinski definition) is 1. The molecule has 0 saturated heterocycles. The van der Waals surface area contributed by atoms with Gasteiger partial charge in [-0.3, -0.25) is 0 Å². The summed E-state index contributed by atoms with van der Waals surface area (Å²) in [5.41, 5.74) is 1.71. The molecular formula is C18H29NO2. The summed E-state index contributed by atoms with van der Waals surface area (Å²) >= 11 is 0. The molecule has 1 aromatic carbocycles. The average molecular weight is 291 g/mol. The Balaban J connectivity index is 1.88. The van der Waals surface area contributed by atoms with Crippen LogP contribution in [0.4, 0.5) is 0 Å². The molecule has 1 aromatic rings. The number of hydrogen-bond acceptors (Lipinski definition) is 3. The van der Waals surface area contributed by atoms with Crippen LogP contribution < -0.4 is 14.8 Å². The topological polar surface area (TPSA) is 30.5 Å². The maximum absolute atomic E-state index is 5.36. The minimum atomic E-state index is 0.426. The second-order valence-electron chi connectivity index (χ2n) is 6.68. The third-order valence-corrected chi connectivity index (χ3v) is 4.76. The number of rotatable bonds is 6. The van der Waals surface area contributed by atoms with Crippen LogP contribution in [0.2, 0.25) is 0 Å². The van der Waals surface area contributed by atoms with Crippen LogP contribution in [-0.2, 0) is 6.42 Å². The molecule has 118 valence electrons. The number of ether oxygens (including phenoxy) is 2. The molecular weight excluding hydrogens is 262 g/mol. The average Bonchev–Trinajstić information content (AvgIpc) is 2.48. The molecule has 0 bridgehead atoms. The molecule has 1 atom stereocenters. The van der Waals surface area contributed by atoms with Gasteiger partial charge in [-0.05, 0) is 48.9 Å². The highest BCUT2D eigenvalue weighted by molar-refractivity contribution is 5.42. The van der Waals surface area contributed by atoms with Crippen molar-refractivity contribution >= 4 is 0 Å². The van der Waals surface area contributed by atoms with Crippen LogP contribution in [0.25, 0.3) is 0 Å². The van der Waals surface area contributed by atoms with Crippen molar-refractivity contribution in [3.63, 3.8) is 0 Å². The van der Waals surface area contributed by atoms with Crippen molar-refractivity contribution < 1.29 is 9.47 Å². The standard InChI is InChI=1S/C18H29NO2/c1-18(2)11-6-5-7-17(18)19-12-10-14-8-9-15(20-3)16(13-14)21-4/h8-9,13,17,19H,5-7,10-12H2,1-4H3. The van der Waals surface area contributed by atoms with E-state index in [0.29, 0.717) is 11.5 Å². The Hall–Kier alpha value is -1.22. The number of methoxy groups -OCH3 is 2. The monoisotopic (exact) mass is 291 g/mol. The SMILES string of the molecule is COc1ccc(CCNC2CCCCC2(C)C)cc1OC. The van der Waals surface area contributed by atoms with E-state index in [9.17, 15) is 0 Å². The van der Waals surface area contributed by atoms with Crippen molar-refractivity contribution in [1.82, 2.24) is 5.32 Å². The number of nitrogens with one attached hydrogen (secondary N) is 1. The van der Waals surface area contributed by atoms with Crippen molar-refractivity contribution in [3.8, 4) is 11.5 Å². The fourth-order valence-corrected chi connectivity index (χ4v) is 3.30. The van der Waals surface area contributed by atoms with Crippen LogP contribution in [0, 0.1) is 5.41 Å². The minimum absolute atomic E-state index is 0.426.